The van der Waals surface area contributed by atoms with Crippen LogP contribution in [0, 0.1) is 40.4 Å². The van der Waals surface area contributed by atoms with Gasteiger partial charge in [0.1, 0.15) is 11.9 Å². The zero-order valence-electron chi connectivity index (χ0n) is 15.4. The van der Waals surface area contributed by atoms with E-state index >= 15 is 0 Å². The molecule has 0 amide bonds. The maximum absolute atomic E-state index is 12.6. The molecule has 0 bridgehead atoms. The summed E-state index contributed by atoms with van der Waals surface area (Å²) in [6, 6.07) is 0. The highest BCUT2D eigenvalue weighted by Crippen LogP contribution is 2.66. The fourth-order valence-corrected chi connectivity index (χ4v) is 7.68. The van der Waals surface area contributed by atoms with Crippen LogP contribution in [0.4, 0.5) is 0 Å². The van der Waals surface area contributed by atoms with E-state index in [1.54, 1.807) is 0 Å². The maximum Gasteiger partial charge on any atom is 0.161 e. The Morgan fingerprint density at radius 1 is 1.04 bits per heavy atom. The Morgan fingerprint density at radius 2 is 1.79 bits per heavy atom. The lowest BCUT2D eigenvalue weighted by Crippen LogP contribution is -2.55. The van der Waals surface area contributed by atoms with Crippen LogP contribution in [0.3, 0.4) is 0 Å². The lowest BCUT2D eigenvalue weighted by atomic mass is 9.44. The molecule has 0 aromatic carbocycles. The summed E-state index contributed by atoms with van der Waals surface area (Å²) in [5.74, 6) is 2.97. The molecular formula is C21H32O3. The Hall–Kier alpha value is -0.700. The predicted octanol–water partition coefficient (Wildman–Crippen LogP) is 3.77. The van der Waals surface area contributed by atoms with Crippen molar-refractivity contribution in [1.82, 2.24) is 0 Å². The molecule has 4 rings (SSSR count). The zero-order valence-corrected chi connectivity index (χ0v) is 15.4. The Morgan fingerprint density at radius 3 is 2.50 bits per heavy atom. The maximum atomic E-state index is 12.6. The highest BCUT2D eigenvalue weighted by atomic mass is 16.3. The van der Waals surface area contributed by atoms with Gasteiger partial charge in [-0.25, -0.2) is 0 Å². The average Bonchev–Trinajstić information content (AvgIpc) is 2.78. The van der Waals surface area contributed by atoms with Crippen LogP contribution in [0.15, 0.2) is 0 Å². The highest BCUT2D eigenvalue weighted by Gasteiger charge is 2.62. The van der Waals surface area contributed by atoms with Crippen LogP contribution < -0.4 is 0 Å². The third kappa shape index (κ3) is 2.06. The topological polar surface area (TPSA) is 54.4 Å². The monoisotopic (exact) mass is 332 g/mol. The molecule has 0 heterocycles. The van der Waals surface area contributed by atoms with Crippen molar-refractivity contribution in [2.75, 3.05) is 0 Å². The molecule has 8 unspecified atom stereocenters. The van der Waals surface area contributed by atoms with Gasteiger partial charge in [-0.05, 0) is 73.0 Å². The second-order valence-electron chi connectivity index (χ2n) is 9.73. The van der Waals surface area contributed by atoms with E-state index in [1.165, 1.54) is 6.42 Å². The van der Waals surface area contributed by atoms with E-state index in [4.69, 9.17) is 0 Å². The Labute approximate surface area is 145 Å². The number of hydrogen-bond acceptors (Lipinski definition) is 3. The number of carbonyl (C=O) groups is 2. The molecule has 0 aliphatic heterocycles. The van der Waals surface area contributed by atoms with Gasteiger partial charge in [-0.3, -0.25) is 9.59 Å². The molecule has 24 heavy (non-hydrogen) atoms. The summed E-state index contributed by atoms with van der Waals surface area (Å²) < 4.78 is 0. The van der Waals surface area contributed by atoms with E-state index in [9.17, 15) is 14.7 Å². The van der Waals surface area contributed by atoms with E-state index in [-0.39, 0.29) is 22.5 Å². The van der Waals surface area contributed by atoms with Crippen LogP contribution in [0.25, 0.3) is 0 Å². The van der Waals surface area contributed by atoms with Gasteiger partial charge in [0.05, 0.1) is 0 Å². The van der Waals surface area contributed by atoms with Gasteiger partial charge in [-0.15, -0.1) is 0 Å². The van der Waals surface area contributed by atoms with Gasteiger partial charge in [-0.1, -0.05) is 20.8 Å². The van der Waals surface area contributed by atoms with Crippen LogP contribution in [-0.4, -0.2) is 22.8 Å². The van der Waals surface area contributed by atoms with Crippen molar-refractivity contribution in [3.8, 4) is 0 Å². The Kier molecular flexibility index (Phi) is 3.77. The molecular weight excluding hydrogens is 300 g/mol. The Balaban J connectivity index is 1.66. The fourth-order valence-electron chi connectivity index (χ4n) is 7.68. The second kappa shape index (κ2) is 5.40. The van der Waals surface area contributed by atoms with Crippen molar-refractivity contribution in [3.63, 3.8) is 0 Å². The van der Waals surface area contributed by atoms with Crippen molar-refractivity contribution in [2.24, 2.45) is 40.4 Å². The van der Waals surface area contributed by atoms with Crippen LogP contribution in [0.5, 0.6) is 0 Å². The minimum atomic E-state index is -0.731. The van der Waals surface area contributed by atoms with E-state index in [0.717, 1.165) is 32.1 Å². The van der Waals surface area contributed by atoms with Gasteiger partial charge in [0.25, 0.3) is 0 Å². The number of ketones is 2. The number of Topliss-reactive ketones (excluding diaryl/α,β-unsaturated/α-hetero) is 2. The fraction of sp³-hybridized carbons (Fsp3) is 0.905. The predicted molar refractivity (Wildman–Crippen MR) is 92.3 cm³/mol. The first-order valence-electron chi connectivity index (χ1n) is 10.0. The summed E-state index contributed by atoms with van der Waals surface area (Å²) >= 11 is 0. The SMILES string of the molecule is CCC1C(=O)CC2C3CCC4CC(O)C(=O)CC4(C)C3CCC12C. The van der Waals surface area contributed by atoms with Crippen molar-refractivity contribution in [1.29, 1.82) is 0 Å². The number of carbonyl (C=O) groups excluding carboxylic acids is 2. The molecule has 3 nitrogen and oxygen atoms in total. The second-order valence-corrected chi connectivity index (χ2v) is 9.73. The molecule has 0 saturated heterocycles. The molecule has 4 fully saturated rings. The van der Waals surface area contributed by atoms with Gasteiger partial charge >= 0.3 is 0 Å². The summed E-state index contributed by atoms with van der Waals surface area (Å²) in [5, 5.41) is 10.0. The lowest BCUT2D eigenvalue weighted by molar-refractivity contribution is -0.154. The first kappa shape index (κ1) is 16.8. The Bertz CT molecular complexity index is 569. The van der Waals surface area contributed by atoms with Crippen LogP contribution >= 0.6 is 0 Å². The molecule has 0 radical (unpaired) electrons. The minimum Gasteiger partial charge on any atom is -0.385 e. The van der Waals surface area contributed by atoms with Crippen molar-refractivity contribution in [2.45, 2.75) is 78.2 Å². The molecule has 1 N–H and O–H groups in total. The lowest BCUT2D eigenvalue weighted by Gasteiger charge is -2.60. The summed E-state index contributed by atoms with van der Waals surface area (Å²) in [5.41, 5.74) is 0.238. The molecule has 0 spiro atoms. The summed E-state index contributed by atoms with van der Waals surface area (Å²) in [6.45, 7) is 6.86. The normalized spacial score (nSPS) is 54.2. The third-order valence-corrected chi connectivity index (χ3v) is 8.95. The molecule has 4 aliphatic rings. The van der Waals surface area contributed by atoms with E-state index in [0.29, 0.717) is 42.3 Å². The molecule has 3 heteroatoms. The van der Waals surface area contributed by atoms with Crippen LogP contribution in [0.2, 0.25) is 0 Å². The molecule has 8 atom stereocenters. The first-order chi connectivity index (χ1) is 11.3. The standard InChI is InChI=1S/C21H32O3/c1-4-14-17(22)10-16-13-6-5-12-9-18(23)19(24)11-21(12,3)15(13)7-8-20(14,16)2/h12-16,18,23H,4-11H2,1-3H3. The summed E-state index contributed by atoms with van der Waals surface area (Å²) in [7, 11) is 0. The van der Waals surface area contributed by atoms with Crippen molar-refractivity contribution < 1.29 is 14.7 Å². The largest absolute Gasteiger partial charge is 0.385 e. The molecule has 4 saturated carbocycles. The van der Waals surface area contributed by atoms with Crippen molar-refractivity contribution >= 4 is 11.6 Å². The smallest absolute Gasteiger partial charge is 0.161 e. The van der Waals surface area contributed by atoms with Gasteiger partial charge in [-0.2, -0.15) is 0 Å². The number of fused-ring (bicyclic) bond motifs is 5. The van der Waals surface area contributed by atoms with Gasteiger partial charge in [0.15, 0.2) is 5.78 Å². The van der Waals surface area contributed by atoms with Crippen LogP contribution in [-0.2, 0) is 9.59 Å². The molecule has 0 aromatic heterocycles. The zero-order chi connectivity index (χ0) is 17.3. The van der Waals surface area contributed by atoms with Crippen molar-refractivity contribution in [3.05, 3.63) is 0 Å². The van der Waals surface area contributed by atoms with E-state index in [1.807, 2.05) is 0 Å². The number of aliphatic hydroxyl groups excluding tert-OH is 1. The third-order valence-electron chi connectivity index (χ3n) is 8.95. The number of rotatable bonds is 1. The van der Waals surface area contributed by atoms with Gasteiger partial charge < -0.3 is 5.11 Å². The van der Waals surface area contributed by atoms with Gasteiger partial charge in [0, 0.05) is 18.8 Å². The molecule has 134 valence electrons. The summed E-state index contributed by atoms with van der Waals surface area (Å²) in [4.78, 5) is 24.9. The average molecular weight is 332 g/mol. The minimum absolute atomic E-state index is 0.0495. The highest BCUT2D eigenvalue weighted by molar-refractivity contribution is 5.85. The number of aliphatic hydroxyl groups is 1. The molecule has 4 aliphatic carbocycles. The van der Waals surface area contributed by atoms with Gasteiger partial charge in [0.2, 0.25) is 0 Å². The van der Waals surface area contributed by atoms with Crippen LogP contribution in [0.1, 0.15) is 72.1 Å². The number of hydrogen-bond donors (Lipinski definition) is 1. The summed E-state index contributed by atoms with van der Waals surface area (Å²) in [6.07, 6.45) is 6.85. The first-order valence-corrected chi connectivity index (χ1v) is 10.0. The molecule has 0 aromatic rings. The van der Waals surface area contributed by atoms with E-state index < -0.39 is 6.10 Å². The van der Waals surface area contributed by atoms with E-state index in [2.05, 4.69) is 20.8 Å². The quantitative estimate of drug-likeness (QED) is 0.795.